The molecule has 1 aliphatic rings. The molecule has 2 aromatic heterocycles. The Labute approximate surface area is 228 Å². The van der Waals surface area contributed by atoms with Crippen molar-refractivity contribution in [1.82, 2.24) is 4.57 Å². The van der Waals surface area contributed by atoms with Crippen molar-refractivity contribution in [3.8, 4) is 11.3 Å². The van der Waals surface area contributed by atoms with E-state index >= 15 is 0 Å². The highest BCUT2D eigenvalue weighted by molar-refractivity contribution is 7.07. The lowest BCUT2D eigenvalue weighted by Crippen LogP contribution is -2.39. The molecule has 0 aliphatic carbocycles. The van der Waals surface area contributed by atoms with Crippen LogP contribution in [0.3, 0.4) is 0 Å². The Morgan fingerprint density at radius 3 is 2.61 bits per heavy atom. The van der Waals surface area contributed by atoms with Crippen LogP contribution in [-0.2, 0) is 9.53 Å². The second-order valence-corrected chi connectivity index (χ2v) is 10.1. The molecule has 0 saturated heterocycles. The Morgan fingerprint density at radius 1 is 1.18 bits per heavy atom. The Morgan fingerprint density at radius 2 is 1.92 bits per heavy atom. The summed E-state index contributed by atoms with van der Waals surface area (Å²) in [6.45, 7) is 1.69. The second kappa shape index (κ2) is 10.1. The van der Waals surface area contributed by atoms with Crippen LogP contribution in [0.4, 0.5) is 5.69 Å². The van der Waals surface area contributed by atoms with E-state index in [1.54, 1.807) is 49.4 Å². The molecule has 12 heteroatoms. The van der Waals surface area contributed by atoms with E-state index in [-0.39, 0.29) is 21.8 Å². The molecule has 192 valence electrons. The van der Waals surface area contributed by atoms with Gasteiger partial charge in [0, 0.05) is 28.8 Å². The van der Waals surface area contributed by atoms with Gasteiger partial charge in [-0.2, -0.15) is 0 Å². The number of non-ortho nitro benzene ring substituents is 1. The molecule has 4 aromatic rings. The maximum atomic E-state index is 13.6. The minimum Gasteiger partial charge on any atom is -0.466 e. The summed E-state index contributed by atoms with van der Waals surface area (Å²) in [5, 5.41) is 12.0. The number of esters is 1. The summed E-state index contributed by atoms with van der Waals surface area (Å²) in [7, 11) is 1.27. The standard InChI is InChI=1S/C26H17Cl2N3O6S/c1-13-22(25(33)36-2)23(14-3-5-15(27)6-4-14)30-24(32)21(38-26(30)29-13)12-17-8-10-20(37-17)18-11-16(31(34)35)7-9-19(18)28/h3-12,23H,1-2H3/b21-12-/t23-/m0/s1. The Hall–Kier alpha value is -3.99. The highest BCUT2D eigenvalue weighted by Gasteiger charge is 2.33. The van der Waals surface area contributed by atoms with Crippen LogP contribution in [0.25, 0.3) is 17.4 Å². The molecule has 0 radical (unpaired) electrons. The van der Waals surface area contributed by atoms with Crippen LogP contribution in [-0.4, -0.2) is 22.6 Å². The average molecular weight is 570 g/mol. The lowest BCUT2D eigenvalue weighted by molar-refractivity contribution is -0.384. The number of allylic oxidation sites excluding steroid dienone is 1. The molecule has 0 saturated carbocycles. The van der Waals surface area contributed by atoms with Crippen LogP contribution in [0.5, 0.6) is 0 Å². The second-order valence-electron chi connectivity index (χ2n) is 8.25. The third-order valence-corrected chi connectivity index (χ3v) is 7.50. The van der Waals surface area contributed by atoms with Gasteiger partial charge in [-0.15, -0.1) is 0 Å². The lowest BCUT2D eigenvalue weighted by atomic mass is 9.96. The van der Waals surface area contributed by atoms with E-state index < -0.39 is 16.9 Å². The number of nitro groups is 1. The molecule has 9 nitrogen and oxygen atoms in total. The van der Waals surface area contributed by atoms with Crippen molar-refractivity contribution in [3.63, 3.8) is 0 Å². The Balaban J connectivity index is 1.63. The maximum Gasteiger partial charge on any atom is 0.338 e. The predicted molar refractivity (Wildman–Crippen MR) is 143 cm³/mol. The molecule has 2 aromatic carbocycles. The van der Waals surface area contributed by atoms with Crippen LogP contribution < -0.4 is 14.9 Å². The van der Waals surface area contributed by atoms with Gasteiger partial charge in [0.25, 0.3) is 11.2 Å². The van der Waals surface area contributed by atoms with Crippen molar-refractivity contribution >= 4 is 52.3 Å². The Bertz CT molecular complexity index is 1820. The van der Waals surface area contributed by atoms with E-state index in [0.717, 1.165) is 11.3 Å². The van der Waals surface area contributed by atoms with Gasteiger partial charge in [-0.3, -0.25) is 19.5 Å². The van der Waals surface area contributed by atoms with Gasteiger partial charge in [0.15, 0.2) is 4.80 Å². The van der Waals surface area contributed by atoms with E-state index in [0.29, 0.717) is 42.7 Å². The van der Waals surface area contributed by atoms with Crippen LogP contribution in [0, 0.1) is 10.1 Å². The number of carbonyl (C=O) groups excluding carboxylic acids is 1. The summed E-state index contributed by atoms with van der Waals surface area (Å²) >= 11 is 13.4. The third kappa shape index (κ3) is 4.58. The van der Waals surface area contributed by atoms with Crippen LogP contribution in [0.15, 0.2) is 80.1 Å². The van der Waals surface area contributed by atoms with Gasteiger partial charge >= 0.3 is 5.97 Å². The first-order valence-electron chi connectivity index (χ1n) is 11.1. The number of hydrogen-bond acceptors (Lipinski definition) is 8. The number of aromatic nitrogens is 1. The molecular weight excluding hydrogens is 553 g/mol. The van der Waals surface area contributed by atoms with E-state index in [9.17, 15) is 19.7 Å². The van der Waals surface area contributed by atoms with Gasteiger partial charge in [-0.05, 0) is 42.8 Å². The summed E-state index contributed by atoms with van der Waals surface area (Å²) in [4.78, 5) is 41.9. The van der Waals surface area contributed by atoms with Gasteiger partial charge in [0.2, 0.25) is 0 Å². The Kier molecular flexibility index (Phi) is 6.78. The lowest BCUT2D eigenvalue weighted by Gasteiger charge is -2.24. The monoisotopic (exact) mass is 569 g/mol. The van der Waals surface area contributed by atoms with Gasteiger partial charge in [-0.1, -0.05) is 46.7 Å². The fourth-order valence-electron chi connectivity index (χ4n) is 4.17. The summed E-state index contributed by atoms with van der Waals surface area (Å²) in [6.07, 6.45) is 1.55. The SMILES string of the molecule is COC(=O)C1=C(C)N=c2s/c(=C\c3ccc(-c4cc([N+](=O)[O-])ccc4Cl)o3)c(=O)n2[C@H]1c1ccc(Cl)cc1. The van der Waals surface area contributed by atoms with Crippen LogP contribution in [0.2, 0.25) is 10.0 Å². The first kappa shape index (κ1) is 25.7. The first-order chi connectivity index (χ1) is 18.2. The summed E-state index contributed by atoms with van der Waals surface area (Å²) in [5.74, 6) is 0.0466. The minimum atomic E-state index is -0.769. The molecule has 1 atom stereocenters. The molecule has 0 unspecified atom stereocenters. The van der Waals surface area contributed by atoms with Crippen molar-refractivity contribution in [2.75, 3.05) is 7.11 Å². The molecule has 0 fully saturated rings. The van der Waals surface area contributed by atoms with Crippen molar-refractivity contribution < 1.29 is 18.9 Å². The molecule has 0 amide bonds. The predicted octanol–water partition coefficient (Wildman–Crippen LogP) is 4.88. The third-order valence-electron chi connectivity index (χ3n) is 5.94. The van der Waals surface area contributed by atoms with E-state index in [1.165, 1.54) is 29.9 Å². The smallest absolute Gasteiger partial charge is 0.338 e. The zero-order chi connectivity index (χ0) is 27.1. The van der Waals surface area contributed by atoms with Gasteiger partial charge < -0.3 is 9.15 Å². The zero-order valence-electron chi connectivity index (χ0n) is 19.8. The fraction of sp³-hybridized carbons (Fsp3) is 0.115. The first-order valence-corrected chi connectivity index (χ1v) is 12.7. The average Bonchev–Trinajstić information content (AvgIpc) is 3.47. The van der Waals surface area contributed by atoms with Gasteiger partial charge in [-0.25, -0.2) is 9.79 Å². The van der Waals surface area contributed by atoms with Crippen LogP contribution >= 0.6 is 34.5 Å². The van der Waals surface area contributed by atoms with E-state index in [2.05, 4.69) is 4.99 Å². The van der Waals surface area contributed by atoms with Crippen molar-refractivity contribution in [2.45, 2.75) is 13.0 Å². The number of hydrogen-bond donors (Lipinski definition) is 0. The number of methoxy groups -OCH3 is 1. The molecule has 0 bridgehead atoms. The summed E-state index contributed by atoms with van der Waals surface area (Å²) < 4.78 is 12.6. The molecule has 5 rings (SSSR count). The normalized spacial score (nSPS) is 15.3. The van der Waals surface area contributed by atoms with Crippen molar-refractivity contribution in [1.29, 1.82) is 0 Å². The number of nitrogens with zero attached hydrogens (tertiary/aromatic N) is 3. The highest BCUT2D eigenvalue weighted by atomic mass is 35.5. The number of furan rings is 1. The van der Waals surface area contributed by atoms with Crippen LogP contribution in [0.1, 0.15) is 24.3 Å². The summed E-state index contributed by atoms with van der Waals surface area (Å²) in [6, 6.07) is 13.4. The fourth-order valence-corrected chi connectivity index (χ4v) is 5.54. The van der Waals surface area contributed by atoms with Gasteiger partial charge in [0.05, 0.1) is 38.9 Å². The van der Waals surface area contributed by atoms with Crippen molar-refractivity contribution in [2.24, 2.45) is 4.99 Å². The quantitative estimate of drug-likeness (QED) is 0.192. The van der Waals surface area contributed by atoms with Crippen molar-refractivity contribution in [3.05, 3.63) is 117 Å². The number of benzene rings is 2. The minimum absolute atomic E-state index is 0.130. The number of nitro benzene ring substituents is 1. The zero-order valence-corrected chi connectivity index (χ0v) is 22.1. The molecule has 1 aliphatic heterocycles. The van der Waals surface area contributed by atoms with E-state index in [1.807, 2.05) is 0 Å². The number of carbonyl (C=O) groups is 1. The number of halogens is 2. The molecule has 38 heavy (non-hydrogen) atoms. The van der Waals surface area contributed by atoms with E-state index in [4.69, 9.17) is 32.4 Å². The molecule has 3 heterocycles. The number of ether oxygens (including phenoxy) is 1. The number of thiazole rings is 1. The molecule has 0 spiro atoms. The highest BCUT2D eigenvalue weighted by Crippen LogP contribution is 2.33. The molecular formula is C26H17Cl2N3O6S. The van der Waals surface area contributed by atoms with Gasteiger partial charge in [0.1, 0.15) is 11.5 Å². The largest absolute Gasteiger partial charge is 0.466 e. The number of rotatable bonds is 5. The topological polar surface area (TPSA) is 117 Å². The number of fused-ring (bicyclic) bond motifs is 1. The summed E-state index contributed by atoms with van der Waals surface area (Å²) in [5.41, 5.74) is 1.18. The molecule has 0 N–H and O–H groups in total. The maximum absolute atomic E-state index is 13.6.